The number of rotatable bonds is 3. The second-order valence-electron chi connectivity index (χ2n) is 7.19. The summed E-state index contributed by atoms with van der Waals surface area (Å²) in [5, 5.41) is 10.7. The maximum atomic E-state index is 12.7. The van der Waals surface area contributed by atoms with Crippen LogP contribution in [0.5, 0.6) is 0 Å². The van der Waals surface area contributed by atoms with E-state index in [1.54, 1.807) is 0 Å². The van der Waals surface area contributed by atoms with Crippen LogP contribution in [-0.2, 0) is 13.0 Å². The highest BCUT2D eigenvalue weighted by molar-refractivity contribution is 6.33. The Morgan fingerprint density at radius 2 is 1.85 bits per heavy atom. The van der Waals surface area contributed by atoms with Crippen LogP contribution in [0.3, 0.4) is 0 Å². The van der Waals surface area contributed by atoms with Gasteiger partial charge in [0.15, 0.2) is 0 Å². The molecule has 2 aromatic rings. The molecule has 0 aromatic heterocycles. The van der Waals surface area contributed by atoms with Crippen molar-refractivity contribution >= 4 is 29.0 Å². The average Bonchev–Trinajstić information content (AvgIpc) is 2.70. The van der Waals surface area contributed by atoms with Crippen LogP contribution in [0, 0.1) is 0 Å². The Bertz CT molecular complexity index is 818. The first-order chi connectivity index (χ1) is 13.2. The zero-order valence-electron chi connectivity index (χ0n) is 15.3. The van der Waals surface area contributed by atoms with Gasteiger partial charge in [0.1, 0.15) is 0 Å². The van der Waals surface area contributed by atoms with E-state index in [-0.39, 0.29) is 6.03 Å². The zero-order chi connectivity index (χ0) is 18.6. The van der Waals surface area contributed by atoms with E-state index in [1.165, 1.54) is 11.1 Å². The van der Waals surface area contributed by atoms with Gasteiger partial charge >= 0.3 is 6.03 Å². The molecule has 1 fully saturated rings. The van der Waals surface area contributed by atoms with E-state index in [4.69, 9.17) is 11.6 Å². The van der Waals surface area contributed by atoms with Crippen LogP contribution in [0.4, 0.5) is 16.2 Å². The third kappa shape index (κ3) is 4.20. The molecule has 0 saturated carbocycles. The summed E-state index contributed by atoms with van der Waals surface area (Å²) in [6.45, 7) is 3.29. The molecule has 2 aliphatic heterocycles. The lowest BCUT2D eigenvalue weighted by Gasteiger charge is -2.33. The molecule has 5 nitrogen and oxygen atoms in total. The lowest BCUT2D eigenvalue weighted by molar-refractivity contribution is 0.197. The van der Waals surface area contributed by atoms with Crippen LogP contribution in [0.15, 0.2) is 42.5 Å². The smallest absolute Gasteiger partial charge is 0.321 e. The molecule has 4 rings (SSSR count). The van der Waals surface area contributed by atoms with E-state index < -0.39 is 0 Å². The fourth-order valence-corrected chi connectivity index (χ4v) is 4.04. The van der Waals surface area contributed by atoms with Gasteiger partial charge in [0.2, 0.25) is 0 Å². The number of fused-ring (bicyclic) bond motifs is 1. The molecule has 142 valence electrons. The molecule has 0 atom stereocenters. The fraction of sp³-hybridized carbons (Fsp3) is 0.381. The zero-order valence-corrected chi connectivity index (χ0v) is 16.1. The van der Waals surface area contributed by atoms with Gasteiger partial charge in [-0.05, 0) is 55.1 Å². The Kier molecular flexibility index (Phi) is 5.50. The number of para-hydroxylation sites is 1. The monoisotopic (exact) mass is 384 g/mol. The minimum absolute atomic E-state index is 0.00910. The number of carbonyl (C=O) groups excluding carboxylic acids is 1. The van der Waals surface area contributed by atoms with Gasteiger partial charge in [0.25, 0.3) is 0 Å². The van der Waals surface area contributed by atoms with Gasteiger partial charge in [-0.1, -0.05) is 35.9 Å². The SMILES string of the molecule is O=C(Nc1cccc2c1CNCC2)N1CCC(Nc2ccccc2Cl)CC1. The van der Waals surface area contributed by atoms with Crippen molar-refractivity contribution in [3.63, 3.8) is 0 Å². The third-order valence-corrected chi connectivity index (χ3v) is 5.73. The molecule has 2 aromatic carbocycles. The van der Waals surface area contributed by atoms with Gasteiger partial charge in [-0.15, -0.1) is 0 Å². The maximum Gasteiger partial charge on any atom is 0.321 e. The van der Waals surface area contributed by atoms with Crippen LogP contribution in [-0.4, -0.2) is 36.6 Å². The molecular weight excluding hydrogens is 360 g/mol. The van der Waals surface area contributed by atoms with Crippen molar-refractivity contribution < 1.29 is 4.79 Å². The van der Waals surface area contributed by atoms with Crippen LogP contribution in [0.25, 0.3) is 0 Å². The molecule has 1 saturated heterocycles. The minimum atomic E-state index is -0.00910. The van der Waals surface area contributed by atoms with Crippen molar-refractivity contribution in [1.29, 1.82) is 0 Å². The molecule has 0 unspecified atom stereocenters. The number of piperidine rings is 1. The first-order valence-corrected chi connectivity index (χ1v) is 9.97. The van der Waals surface area contributed by atoms with E-state index in [0.717, 1.165) is 61.8 Å². The van der Waals surface area contributed by atoms with Crippen LogP contribution in [0.1, 0.15) is 24.0 Å². The van der Waals surface area contributed by atoms with Crippen LogP contribution < -0.4 is 16.0 Å². The Labute approximate surface area is 165 Å². The summed E-state index contributed by atoms with van der Waals surface area (Å²) in [5.41, 5.74) is 4.44. The number of nitrogens with zero attached hydrogens (tertiary/aromatic N) is 1. The van der Waals surface area contributed by atoms with E-state index >= 15 is 0 Å². The summed E-state index contributed by atoms with van der Waals surface area (Å²) >= 11 is 6.23. The van der Waals surface area contributed by atoms with Crippen LogP contribution >= 0.6 is 11.6 Å². The van der Waals surface area contributed by atoms with E-state index in [9.17, 15) is 4.79 Å². The Balaban J connectivity index is 1.33. The second kappa shape index (κ2) is 8.19. The highest BCUT2D eigenvalue weighted by atomic mass is 35.5. The summed E-state index contributed by atoms with van der Waals surface area (Å²) in [6, 6.07) is 14.3. The van der Waals surface area contributed by atoms with Crippen LogP contribution in [0.2, 0.25) is 5.02 Å². The number of nitrogens with one attached hydrogen (secondary N) is 3. The van der Waals surface area contributed by atoms with Gasteiger partial charge in [-0.25, -0.2) is 4.79 Å². The second-order valence-corrected chi connectivity index (χ2v) is 7.59. The molecule has 0 radical (unpaired) electrons. The van der Waals surface area contributed by atoms with Crippen molar-refractivity contribution in [3.8, 4) is 0 Å². The molecule has 2 heterocycles. The first kappa shape index (κ1) is 18.1. The van der Waals surface area contributed by atoms with Crippen molar-refractivity contribution in [2.75, 3.05) is 30.3 Å². The fourth-order valence-electron chi connectivity index (χ4n) is 3.85. The number of carbonyl (C=O) groups is 1. The Morgan fingerprint density at radius 3 is 2.67 bits per heavy atom. The molecule has 0 bridgehead atoms. The van der Waals surface area contributed by atoms with Crippen molar-refractivity contribution in [2.24, 2.45) is 0 Å². The van der Waals surface area contributed by atoms with Gasteiger partial charge in [-0.2, -0.15) is 0 Å². The van der Waals surface area contributed by atoms with E-state index in [1.807, 2.05) is 41.3 Å². The molecule has 3 N–H and O–H groups in total. The van der Waals surface area contributed by atoms with Crippen molar-refractivity contribution in [2.45, 2.75) is 31.8 Å². The topological polar surface area (TPSA) is 56.4 Å². The number of likely N-dealkylation sites (tertiary alicyclic amines) is 1. The number of urea groups is 1. The number of hydrogen-bond donors (Lipinski definition) is 3. The molecule has 2 aliphatic rings. The largest absolute Gasteiger partial charge is 0.381 e. The first-order valence-electron chi connectivity index (χ1n) is 9.59. The lowest BCUT2D eigenvalue weighted by Crippen LogP contribution is -2.44. The van der Waals surface area contributed by atoms with Gasteiger partial charge in [-0.3, -0.25) is 0 Å². The third-order valence-electron chi connectivity index (χ3n) is 5.40. The molecule has 2 amide bonds. The molecule has 27 heavy (non-hydrogen) atoms. The standard InChI is InChI=1S/C21H25ClN4O/c22-18-5-1-2-6-20(18)24-16-9-12-26(13-10-16)21(27)25-19-7-3-4-15-8-11-23-14-17(15)19/h1-7,16,23-24H,8-14H2,(H,25,27). The highest BCUT2D eigenvalue weighted by Crippen LogP contribution is 2.26. The van der Waals surface area contributed by atoms with Crippen molar-refractivity contribution in [3.05, 3.63) is 58.6 Å². The molecule has 0 spiro atoms. The predicted molar refractivity (Wildman–Crippen MR) is 111 cm³/mol. The maximum absolute atomic E-state index is 12.7. The summed E-state index contributed by atoms with van der Waals surface area (Å²) < 4.78 is 0. The van der Waals surface area contributed by atoms with E-state index in [2.05, 4.69) is 22.0 Å². The average molecular weight is 385 g/mol. The Hall–Kier alpha value is -2.24. The number of hydrogen-bond acceptors (Lipinski definition) is 3. The quantitative estimate of drug-likeness (QED) is 0.746. The summed E-state index contributed by atoms with van der Waals surface area (Å²) in [7, 11) is 0. The number of amides is 2. The summed E-state index contributed by atoms with van der Waals surface area (Å²) in [5.74, 6) is 0. The predicted octanol–water partition coefficient (Wildman–Crippen LogP) is 4.09. The highest BCUT2D eigenvalue weighted by Gasteiger charge is 2.24. The minimum Gasteiger partial charge on any atom is -0.381 e. The Morgan fingerprint density at radius 1 is 1.07 bits per heavy atom. The normalized spacial score (nSPS) is 17.3. The van der Waals surface area contributed by atoms with E-state index in [0.29, 0.717) is 6.04 Å². The van der Waals surface area contributed by atoms with Gasteiger partial charge in [0.05, 0.1) is 10.7 Å². The van der Waals surface area contributed by atoms with Gasteiger partial charge in [0, 0.05) is 31.4 Å². The summed E-state index contributed by atoms with van der Waals surface area (Å²) in [6.07, 6.45) is 2.83. The van der Waals surface area contributed by atoms with Crippen molar-refractivity contribution in [1.82, 2.24) is 10.2 Å². The summed E-state index contributed by atoms with van der Waals surface area (Å²) in [4.78, 5) is 14.6. The lowest BCUT2D eigenvalue weighted by atomic mass is 9.99. The van der Waals surface area contributed by atoms with Gasteiger partial charge < -0.3 is 20.9 Å². The molecule has 6 heteroatoms. The number of benzene rings is 2. The molecule has 0 aliphatic carbocycles. The molecular formula is C21H25ClN4O. The number of halogens is 1. The number of anilines is 2.